The molecule has 2 saturated heterocycles. The Balaban J connectivity index is 1.39. The molecule has 2 aliphatic rings. The van der Waals surface area contributed by atoms with Crippen LogP contribution in [0.4, 0.5) is 4.39 Å². The minimum Gasteiger partial charge on any atom is -0.490 e. The van der Waals surface area contributed by atoms with E-state index in [0.29, 0.717) is 49.9 Å². The van der Waals surface area contributed by atoms with Crippen molar-refractivity contribution in [2.24, 2.45) is 0 Å². The number of nitrogens with zero attached hydrogens (tertiary/aromatic N) is 4. The smallest absolute Gasteiger partial charge is 0.257 e. The fourth-order valence-corrected chi connectivity index (χ4v) is 4.08. The van der Waals surface area contributed by atoms with Gasteiger partial charge in [0.1, 0.15) is 0 Å². The summed E-state index contributed by atoms with van der Waals surface area (Å²) in [5.41, 5.74) is 1.08. The molecular formula is C23H27FN4O4. The molecule has 0 unspecified atom stereocenters. The summed E-state index contributed by atoms with van der Waals surface area (Å²) in [4.78, 5) is 38.1. The third-order valence-electron chi connectivity index (χ3n) is 5.81. The molecule has 0 radical (unpaired) electrons. The highest BCUT2D eigenvalue weighted by atomic mass is 19.1. The highest BCUT2D eigenvalue weighted by Gasteiger charge is 2.32. The van der Waals surface area contributed by atoms with Gasteiger partial charge in [0, 0.05) is 25.8 Å². The molecule has 32 heavy (non-hydrogen) atoms. The molecule has 2 fully saturated rings. The number of hydrogen-bond acceptors (Lipinski definition) is 6. The van der Waals surface area contributed by atoms with Gasteiger partial charge >= 0.3 is 0 Å². The number of para-hydroxylation sites is 1. The number of aromatic nitrogens is 2. The number of ether oxygens (including phenoxy) is 2. The van der Waals surface area contributed by atoms with Crippen LogP contribution in [-0.2, 0) is 9.53 Å². The van der Waals surface area contributed by atoms with Crippen LogP contribution in [0.1, 0.15) is 47.2 Å². The molecule has 2 amide bonds. The average Bonchev–Trinajstić information content (AvgIpc) is 3.30. The number of carbonyl (C=O) groups excluding carboxylic acids is 2. The molecule has 0 saturated carbocycles. The van der Waals surface area contributed by atoms with E-state index < -0.39 is 5.82 Å². The van der Waals surface area contributed by atoms with Gasteiger partial charge in [-0.25, -0.2) is 14.4 Å². The molecule has 1 aromatic carbocycles. The summed E-state index contributed by atoms with van der Waals surface area (Å²) in [5, 5.41) is 0. The van der Waals surface area contributed by atoms with Crippen molar-refractivity contribution in [3.8, 4) is 5.75 Å². The van der Waals surface area contributed by atoms with E-state index in [1.165, 1.54) is 12.1 Å². The largest absolute Gasteiger partial charge is 0.490 e. The lowest BCUT2D eigenvalue weighted by Gasteiger charge is -2.27. The quantitative estimate of drug-likeness (QED) is 0.684. The van der Waals surface area contributed by atoms with Crippen LogP contribution in [0.15, 0.2) is 30.5 Å². The van der Waals surface area contributed by atoms with Crippen LogP contribution in [0.2, 0.25) is 0 Å². The second-order valence-corrected chi connectivity index (χ2v) is 7.91. The van der Waals surface area contributed by atoms with E-state index in [-0.39, 0.29) is 36.6 Å². The third-order valence-corrected chi connectivity index (χ3v) is 5.81. The van der Waals surface area contributed by atoms with Crippen LogP contribution >= 0.6 is 0 Å². The van der Waals surface area contributed by atoms with Crippen molar-refractivity contribution in [2.75, 3.05) is 39.5 Å². The minimum atomic E-state index is -0.449. The number of benzene rings is 1. The summed E-state index contributed by atoms with van der Waals surface area (Å²) in [6, 6.07) is 5.89. The molecule has 1 aromatic heterocycles. The number of aryl methyl sites for hydroxylation is 1. The van der Waals surface area contributed by atoms with Gasteiger partial charge in [-0.1, -0.05) is 12.1 Å². The summed E-state index contributed by atoms with van der Waals surface area (Å²) in [7, 11) is 0. The van der Waals surface area contributed by atoms with E-state index in [0.717, 1.165) is 12.8 Å². The highest BCUT2D eigenvalue weighted by Crippen LogP contribution is 2.31. The van der Waals surface area contributed by atoms with Crippen molar-refractivity contribution >= 4 is 11.8 Å². The zero-order valence-electron chi connectivity index (χ0n) is 18.1. The highest BCUT2D eigenvalue weighted by molar-refractivity contribution is 5.95. The summed E-state index contributed by atoms with van der Waals surface area (Å²) in [5.74, 6) is 0.0507. The number of amides is 2. The Morgan fingerprint density at radius 1 is 1.22 bits per heavy atom. The third kappa shape index (κ3) is 4.88. The zero-order valence-corrected chi connectivity index (χ0v) is 18.1. The molecule has 0 aliphatic carbocycles. The lowest BCUT2D eigenvalue weighted by molar-refractivity contribution is -0.132. The van der Waals surface area contributed by atoms with Crippen LogP contribution in [0.25, 0.3) is 0 Å². The van der Waals surface area contributed by atoms with E-state index >= 15 is 0 Å². The standard InChI is InChI=1S/C23H27FN4O4/c1-16-17(23(30)27-10-13-31-14-11-27)15-25-22(26-16)19-6-4-9-28(19)21(29)8-12-32-20-7-3-2-5-18(20)24/h2-3,5,7,15,19H,4,6,8-14H2,1H3/t19-/m1/s1. The first-order valence-electron chi connectivity index (χ1n) is 10.9. The molecule has 9 heteroatoms. The number of likely N-dealkylation sites (tertiary alicyclic amines) is 1. The van der Waals surface area contributed by atoms with Gasteiger partial charge in [0.15, 0.2) is 17.4 Å². The second kappa shape index (κ2) is 10.0. The zero-order chi connectivity index (χ0) is 22.5. The van der Waals surface area contributed by atoms with Crippen LogP contribution in [-0.4, -0.2) is 71.0 Å². The van der Waals surface area contributed by atoms with Gasteiger partial charge < -0.3 is 19.3 Å². The van der Waals surface area contributed by atoms with E-state index in [4.69, 9.17) is 9.47 Å². The number of morpholine rings is 1. The van der Waals surface area contributed by atoms with Gasteiger partial charge in [-0.3, -0.25) is 9.59 Å². The monoisotopic (exact) mass is 442 g/mol. The topological polar surface area (TPSA) is 84.9 Å². The summed E-state index contributed by atoms with van der Waals surface area (Å²) >= 11 is 0. The summed E-state index contributed by atoms with van der Waals surface area (Å²) < 4.78 is 24.4. The molecular weight excluding hydrogens is 415 g/mol. The minimum absolute atomic E-state index is 0.0847. The lowest BCUT2D eigenvalue weighted by atomic mass is 10.1. The molecule has 2 aromatic rings. The number of hydrogen-bond donors (Lipinski definition) is 0. The van der Waals surface area contributed by atoms with Gasteiger partial charge in [0.2, 0.25) is 5.91 Å². The number of carbonyl (C=O) groups is 2. The normalized spacial score (nSPS) is 18.6. The first-order valence-corrected chi connectivity index (χ1v) is 10.9. The maximum Gasteiger partial charge on any atom is 0.257 e. The molecule has 0 bridgehead atoms. The van der Waals surface area contributed by atoms with Gasteiger partial charge in [0.05, 0.1) is 43.5 Å². The molecule has 170 valence electrons. The maximum absolute atomic E-state index is 13.7. The summed E-state index contributed by atoms with van der Waals surface area (Å²) in [6.07, 6.45) is 3.31. The van der Waals surface area contributed by atoms with Gasteiger partial charge in [-0.2, -0.15) is 0 Å². The molecule has 0 spiro atoms. The summed E-state index contributed by atoms with van der Waals surface area (Å²) in [6.45, 7) is 4.67. The van der Waals surface area contributed by atoms with Gasteiger partial charge in [-0.15, -0.1) is 0 Å². The van der Waals surface area contributed by atoms with Crippen molar-refractivity contribution < 1.29 is 23.5 Å². The Hall–Kier alpha value is -3.07. The van der Waals surface area contributed by atoms with Crippen molar-refractivity contribution in [1.29, 1.82) is 0 Å². The van der Waals surface area contributed by atoms with E-state index in [2.05, 4.69) is 9.97 Å². The molecule has 0 N–H and O–H groups in total. The van der Waals surface area contributed by atoms with E-state index in [1.54, 1.807) is 35.1 Å². The Morgan fingerprint density at radius 2 is 2.00 bits per heavy atom. The van der Waals surface area contributed by atoms with E-state index in [1.807, 2.05) is 0 Å². The van der Waals surface area contributed by atoms with Crippen molar-refractivity contribution in [1.82, 2.24) is 19.8 Å². The molecule has 4 rings (SSSR count). The lowest BCUT2D eigenvalue weighted by Crippen LogP contribution is -2.41. The molecule has 3 heterocycles. The number of rotatable bonds is 6. The molecule has 1 atom stereocenters. The van der Waals surface area contributed by atoms with Crippen LogP contribution in [0, 0.1) is 12.7 Å². The fraction of sp³-hybridized carbons (Fsp3) is 0.478. The predicted molar refractivity (Wildman–Crippen MR) is 114 cm³/mol. The number of halogens is 1. The van der Waals surface area contributed by atoms with Crippen molar-refractivity contribution in [3.05, 3.63) is 53.4 Å². The second-order valence-electron chi connectivity index (χ2n) is 7.91. The first kappa shape index (κ1) is 22.1. The average molecular weight is 442 g/mol. The Morgan fingerprint density at radius 3 is 2.75 bits per heavy atom. The molecule has 8 nitrogen and oxygen atoms in total. The van der Waals surface area contributed by atoms with E-state index in [9.17, 15) is 14.0 Å². The fourth-order valence-electron chi connectivity index (χ4n) is 4.08. The Kier molecular flexibility index (Phi) is 6.94. The van der Waals surface area contributed by atoms with Crippen LogP contribution in [0.5, 0.6) is 5.75 Å². The van der Waals surface area contributed by atoms with Crippen molar-refractivity contribution in [3.63, 3.8) is 0 Å². The molecule has 2 aliphatic heterocycles. The van der Waals surface area contributed by atoms with Gasteiger partial charge in [0.25, 0.3) is 5.91 Å². The Bertz CT molecular complexity index is 980. The SMILES string of the molecule is Cc1nc([C@H]2CCCN2C(=O)CCOc2ccccc2F)ncc1C(=O)N1CCOCC1. The Labute approximate surface area is 186 Å². The van der Waals surface area contributed by atoms with Crippen molar-refractivity contribution in [2.45, 2.75) is 32.2 Å². The van der Waals surface area contributed by atoms with Crippen LogP contribution < -0.4 is 4.74 Å². The van der Waals surface area contributed by atoms with Crippen LogP contribution in [0.3, 0.4) is 0 Å². The van der Waals surface area contributed by atoms with Gasteiger partial charge in [-0.05, 0) is 31.9 Å². The predicted octanol–water partition coefficient (Wildman–Crippen LogP) is 2.53. The maximum atomic E-state index is 13.7. The first-order chi connectivity index (χ1) is 15.5.